The van der Waals surface area contributed by atoms with Gasteiger partial charge in [-0.1, -0.05) is 33.8 Å². The molecule has 352 valence electrons. The largest absolute Gasteiger partial charge is 0.508 e. The Bertz CT molecular complexity index is 1420. The molecule has 1 rings (SSSR count). The minimum atomic E-state index is -1.15. The highest BCUT2D eigenvalue weighted by Crippen LogP contribution is 2.33. The van der Waals surface area contributed by atoms with Crippen LogP contribution in [0.15, 0.2) is 18.2 Å². The predicted molar refractivity (Wildman–Crippen MR) is 216 cm³/mol. The molecule has 4 unspecified atom stereocenters. The quantitative estimate of drug-likeness (QED) is 0.0283. The fraction of sp³-hybridized carbons (Fsp3) is 0.750. The molecule has 3 amide bonds. The van der Waals surface area contributed by atoms with Crippen molar-refractivity contribution in [2.75, 3.05) is 60.4 Å². The van der Waals surface area contributed by atoms with E-state index in [0.29, 0.717) is 56.8 Å². The Hall–Kier alpha value is -4.06. The summed E-state index contributed by atoms with van der Waals surface area (Å²) in [6.45, 7) is 11.5. The lowest BCUT2D eigenvalue weighted by Gasteiger charge is -2.34. The molecule has 21 nitrogen and oxygen atoms in total. The van der Waals surface area contributed by atoms with Crippen molar-refractivity contribution >= 4 is 24.1 Å². The van der Waals surface area contributed by atoms with Gasteiger partial charge in [0.05, 0.1) is 62.4 Å². The van der Waals surface area contributed by atoms with E-state index in [1.807, 2.05) is 45.9 Å². The van der Waals surface area contributed by atoms with E-state index in [9.17, 15) is 19.2 Å². The van der Waals surface area contributed by atoms with E-state index >= 15 is 0 Å². The van der Waals surface area contributed by atoms with E-state index in [1.54, 1.807) is 28.1 Å². The summed E-state index contributed by atoms with van der Waals surface area (Å²) in [5.74, 6) is -1.13. The maximum atomic E-state index is 13.8. The Labute approximate surface area is 358 Å². The summed E-state index contributed by atoms with van der Waals surface area (Å²) in [5.41, 5.74) is 5.42. The molecule has 8 N–H and O–H groups in total. The monoisotopic (exact) mass is 877 g/mol. The zero-order valence-electron chi connectivity index (χ0n) is 37.0. The number of nitrogens with one attached hydrogen (secondary N) is 2. The zero-order chi connectivity index (χ0) is 46.0. The predicted octanol–water partition coefficient (Wildman–Crippen LogP) is 4.81. The van der Waals surface area contributed by atoms with Gasteiger partial charge in [-0.2, -0.15) is 0 Å². The van der Waals surface area contributed by atoms with E-state index in [0.717, 1.165) is 5.56 Å². The van der Waals surface area contributed by atoms with Crippen LogP contribution in [0.3, 0.4) is 0 Å². The molecule has 0 heterocycles. The average Bonchev–Trinajstić information content (AvgIpc) is 3.18. The van der Waals surface area contributed by atoms with Gasteiger partial charge in [0.2, 0.25) is 11.8 Å². The van der Waals surface area contributed by atoms with E-state index < -0.39 is 58.3 Å². The van der Waals surface area contributed by atoms with Crippen molar-refractivity contribution in [1.82, 2.24) is 21.4 Å². The van der Waals surface area contributed by atoms with Gasteiger partial charge in [-0.15, -0.1) is 0 Å². The van der Waals surface area contributed by atoms with Gasteiger partial charge in [0.25, 0.3) is 0 Å². The number of primary amides is 1. The number of benzene rings is 1. The van der Waals surface area contributed by atoms with E-state index in [2.05, 4.69) is 20.3 Å². The fourth-order valence-corrected chi connectivity index (χ4v) is 5.99. The van der Waals surface area contributed by atoms with E-state index in [-0.39, 0.29) is 70.0 Å². The highest BCUT2D eigenvalue weighted by molar-refractivity contribution is 5.83. The Morgan fingerprint density at radius 3 is 1.92 bits per heavy atom. The summed E-state index contributed by atoms with van der Waals surface area (Å²) in [6.07, 6.45) is -0.469. The number of rotatable bonds is 33. The third-order valence-corrected chi connectivity index (χ3v) is 9.92. The summed E-state index contributed by atoms with van der Waals surface area (Å²) in [5, 5.41) is 39.9. The standard InChI is InChI=1S/C40H71N5O16/c1-27(2)30(22-29-14-15-33(55-8)35(23-29)56-19-13-16-54-7)24-32(43-38(48)57-17-9-11-20-59-44(50)51)34(61-39(49)58-18-10-12-21-60-45(52)53)25-31(28(3)4)36(46)42-26-40(5,6)37(41)47/h14-15,23,27-28,30-32,34,50-53H,9-13,16-22,24-26H2,1-8H3,(H2,41,47)(H,42,46)(H,43,48). The minimum absolute atomic E-state index is 0.0231. The summed E-state index contributed by atoms with van der Waals surface area (Å²) in [4.78, 5) is 61.7. The van der Waals surface area contributed by atoms with Crippen LogP contribution in [-0.4, -0.2) is 128 Å². The first-order valence-corrected chi connectivity index (χ1v) is 20.6. The zero-order valence-corrected chi connectivity index (χ0v) is 37.0. The van der Waals surface area contributed by atoms with Gasteiger partial charge in [0.1, 0.15) is 6.10 Å². The van der Waals surface area contributed by atoms with Gasteiger partial charge >= 0.3 is 12.2 Å². The summed E-state index contributed by atoms with van der Waals surface area (Å²) >= 11 is 0. The highest BCUT2D eigenvalue weighted by atomic mass is 17.1. The maximum absolute atomic E-state index is 13.8. The van der Waals surface area contributed by atoms with Crippen molar-refractivity contribution in [3.05, 3.63) is 23.8 Å². The first-order valence-electron chi connectivity index (χ1n) is 20.6. The average molecular weight is 878 g/mol. The molecule has 61 heavy (non-hydrogen) atoms. The molecule has 0 saturated carbocycles. The van der Waals surface area contributed by atoms with Crippen molar-refractivity contribution < 1.29 is 78.1 Å². The Morgan fingerprint density at radius 1 is 0.770 bits per heavy atom. The van der Waals surface area contributed by atoms with Crippen LogP contribution in [0.1, 0.15) is 92.1 Å². The number of hydrogen-bond acceptors (Lipinski definition) is 18. The summed E-state index contributed by atoms with van der Waals surface area (Å²) in [7, 11) is 3.17. The minimum Gasteiger partial charge on any atom is -0.493 e. The number of unbranched alkanes of at least 4 members (excludes halogenated alkanes) is 2. The second kappa shape index (κ2) is 30.1. The molecule has 0 aliphatic carbocycles. The second-order valence-electron chi connectivity index (χ2n) is 15.9. The molecule has 0 fully saturated rings. The molecular formula is C40H71N5O16. The van der Waals surface area contributed by atoms with E-state index in [1.165, 1.54) is 0 Å². The smallest absolute Gasteiger partial charge is 0.493 e. The molecule has 0 aliphatic rings. The molecule has 1 aromatic rings. The summed E-state index contributed by atoms with van der Waals surface area (Å²) < 4.78 is 33.5. The van der Waals surface area contributed by atoms with Crippen LogP contribution < -0.4 is 25.8 Å². The van der Waals surface area contributed by atoms with Gasteiger partial charge in [-0.05, 0) is 94.2 Å². The highest BCUT2D eigenvalue weighted by Gasteiger charge is 2.37. The molecule has 0 spiro atoms. The van der Waals surface area contributed by atoms with Gasteiger partial charge in [0.15, 0.2) is 11.5 Å². The maximum Gasteiger partial charge on any atom is 0.508 e. The lowest BCUT2D eigenvalue weighted by Crippen LogP contribution is -2.50. The number of carbonyl (C=O) groups is 4. The van der Waals surface area contributed by atoms with Crippen molar-refractivity contribution in [2.45, 2.75) is 105 Å². The SMILES string of the molecule is COCCCOc1cc(CC(CC(NC(=O)OCCCCON(O)O)C(CC(C(=O)NCC(C)(C)C(N)=O)C(C)C)OC(=O)OCCCCON(O)O)C(C)C)ccc1OC. The van der Waals surface area contributed by atoms with Crippen LogP contribution >= 0.6 is 0 Å². The van der Waals surface area contributed by atoms with Crippen LogP contribution in [0.4, 0.5) is 9.59 Å². The van der Waals surface area contributed by atoms with Crippen LogP contribution in [0.5, 0.6) is 11.5 Å². The Balaban J connectivity index is 3.58. The van der Waals surface area contributed by atoms with Crippen molar-refractivity contribution in [2.24, 2.45) is 34.8 Å². The normalized spacial score (nSPS) is 13.8. The molecule has 0 aliphatic heterocycles. The molecule has 0 aromatic heterocycles. The number of amides is 3. The first kappa shape index (κ1) is 55.0. The molecule has 1 aromatic carbocycles. The first-order chi connectivity index (χ1) is 28.8. The number of carbonyl (C=O) groups excluding carboxylic acids is 4. The number of nitrogens with two attached hydrogens (primary N) is 1. The molecule has 21 heteroatoms. The number of ether oxygens (including phenoxy) is 6. The second-order valence-corrected chi connectivity index (χ2v) is 15.9. The van der Waals surface area contributed by atoms with Crippen LogP contribution in [0, 0.1) is 29.1 Å². The van der Waals surface area contributed by atoms with Crippen molar-refractivity contribution in [1.29, 1.82) is 0 Å². The lowest BCUT2D eigenvalue weighted by molar-refractivity contribution is -0.492. The molecule has 4 atom stereocenters. The van der Waals surface area contributed by atoms with Gasteiger partial charge in [-0.25, -0.2) is 9.59 Å². The van der Waals surface area contributed by atoms with Crippen LogP contribution in [-0.2, 0) is 44.6 Å². The van der Waals surface area contributed by atoms with Crippen molar-refractivity contribution in [3.8, 4) is 11.5 Å². The number of hydrogen-bond donors (Lipinski definition) is 7. The summed E-state index contributed by atoms with van der Waals surface area (Å²) in [6, 6.07) is 4.71. The Morgan fingerprint density at radius 2 is 1.38 bits per heavy atom. The van der Waals surface area contributed by atoms with Crippen LogP contribution in [0.25, 0.3) is 0 Å². The molecule has 0 radical (unpaired) electrons. The lowest BCUT2D eigenvalue weighted by atomic mass is 9.80. The van der Waals surface area contributed by atoms with Gasteiger partial charge < -0.3 is 44.8 Å². The number of methoxy groups -OCH3 is 2. The molecule has 0 saturated heterocycles. The Kier molecular flexibility index (Phi) is 27.1. The van der Waals surface area contributed by atoms with Gasteiger partial charge in [-0.3, -0.25) is 40.1 Å². The van der Waals surface area contributed by atoms with Crippen molar-refractivity contribution in [3.63, 3.8) is 0 Å². The third-order valence-electron chi connectivity index (χ3n) is 9.92. The number of nitrogens with zero attached hydrogens (tertiary/aromatic N) is 2. The molecule has 0 bridgehead atoms. The topological polar surface area (TPSA) is 280 Å². The van der Waals surface area contributed by atoms with Crippen LogP contribution in [0.2, 0.25) is 0 Å². The fourth-order valence-electron chi connectivity index (χ4n) is 5.99. The number of alkyl carbamates (subject to hydrolysis) is 1. The van der Waals surface area contributed by atoms with Gasteiger partial charge in [0, 0.05) is 32.6 Å². The third kappa shape index (κ3) is 23.7. The molecular weight excluding hydrogens is 806 g/mol. The van der Waals surface area contributed by atoms with E-state index in [4.69, 9.17) is 55.0 Å².